The third kappa shape index (κ3) is 5.87. The zero-order valence-corrected chi connectivity index (χ0v) is 12.1. The highest BCUT2D eigenvalue weighted by atomic mass is 16.4. The summed E-state index contributed by atoms with van der Waals surface area (Å²) in [5.74, 6) is -1.73. The average Bonchev–Trinajstić information content (AvgIpc) is 2.41. The maximum absolute atomic E-state index is 11.7. The van der Waals surface area contributed by atoms with Crippen molar-refractivity contribution in [3.63, 3.8) is 0 Å². The number of carboxylic acids is 1. The third-order valence-electron chi connectivity index (χ3n) is 3.33. The van der Waals surface area contributed by atoms with Gasteiger partial charge in [-0.1, -0.05) is 44.2 Å². The van der Waals surface area contributed by atoms with Crippen molar-refractivity contribution in [2.75, 3.05) is 6.54 Å². The molecule has 0 saturated carbocycles. The molecule has 0 radical (unpaired) electrons. The molecule has 0 aliphatic heterocycles. The van der Waals surface area contributed by atoms with E-state index in [2.05, 4.69) is 17.4 Å². The van der Waals surface area contributed by atoms with Crippen LogP contribution in [-0.4, -0.2) is 23.5 Å². The Balaban J connectivity index is 2.24. The van der Waals surface area contributed by atoms with E-state index in [1.807, 2.05) is 32.0 Å². The summed E-state index contributed by atoms with van der Waals surface area (Å²) < 4.78 is 0. The number of aliphatic carboxylic acids is 1. The van der Waals surface area contributed by atoms with E-state index in [0.717, 1.165) is 12.8 Å². The van der Waals surface area contributed by atoms with Crippen LogP contribution in [0.4, 0.5) is 0 Å². The van der Waals surface area contributed by atoms with E-state index in [0.29, 0.717) is 6.54 Å². The molecule has 0 aromatic heterocycles. The molecular weight excluding hydrogens is 254 g/mol. The molecule has 0 aliphatic carbocycles. The fraction of sp³-hybridized carbons (Fsp3) is 0.500. The molecule has 0 heterocycles. The fourth-order valence-corrected chi connectivity index (χ4v) is 2.05. The topological polar surface area (TPSA) is 66.4 Å². The summed E-state index contributed by atoms with van der Waals surface area (Å²) in [4.78, 5) is 22.7. The van der Waals surface area contributed by atoms with Crippen LogP contribution in [0.3, 0.4) is 0 Å². The van der Waals surface area contributed by atoms with E-state index in [-0.39, 0.29) is 18.2 Å². The summed E-state index contributed by atoms with van der Waals surface area (Å²) in [6, 6.07) is 10.1. The number of rotatable bonds is 8. The van der Waals surface area contributed by atoms with Gasteiger partial charge < -0.3 is 10.4 Å². The minimum Gasteiger partial charge on any atom is -0.481 e. The minimum absolute atomic E-state index is 0.0393. The van der Waals surface area contributed by atoms with E-state index in [4.69, 9.17) is 5.11 Å². The second kappa shape index (κ2) is 8.35. The lowest BCUT2D eigenvalue weighted by molar-refractivity contribution is -0.145. The normalized spacial score (nSPS) is 12.2. The maximum atomic E-state index is 11.7. The van der Waals surface area contributed by atoms with Crippen LogP contribution in [0.5, 0.6) is 0 Å². The van der Waals surface area contributed by atoms with Crippen LogP contribution in [0.15, 0.2) is 30.3 Å². The number of carbonyl (C=O) groups is 2. The monoisotopic (exact) mass is 277 g/mol. The first-order valence-corrected chi connectivity index (χ1v) is 7.04. The van der Waals surface area contributed by atoms with Crippen molar-refractivity contribution in [2.45, 2.75) is 33.1 Å². The number of carbonyl (C=O) groups excluding carboxylic acids is 1. The molecule has 4 heteroatoms. The highest BCUT2D eigenvalue weighted by Crippen LogP contribution is 2.15. The van der Waals surface area contributed by atoms with Crippen LogP contribution in [-0.2, 0) is 16.0 Å². The SMILES string of the molecule is CC(C)[C@H](CC(=O)NCCCc1ccccc1)C(=O)O. The van der Waals surface area contributed by atoms with Crippen molar-refractivity contribution in [3.05, 3.63) is 35.9 Å². The Labute approximate surface area is 120 Å². The number of benzene rings is 1. The lowest BCUT2D eigenvalue weighted by atomic mass is 9.92. The second-order valence-electron chi connectivity index (χ2n) is 5.33. The molecule has 0 unspecified atom stereocenters. The quantitative estimate of drug-likeness (QED) is 0.717. The van der Waals surface area contributed by atoms with Crippen LogP contribution in [0.25, 0.3) is 0 Å². The van der Waals surface area contributed by atoms with Gasteiger partial charge >= 0.3 is 5.97 Å². The fourth-order valence-electron chi connectivity index (χ4n) is 2.05. The van der Waals surface area contributed by atoms with E-state index >= 15 is 0 Å². The Kier molecular flexibility index (Phi) is 6.77. The van der Waals surface area contributed by atoms with Crippen LogP contribution >= 0.6 is 0 Å². The summed E-state index contributed by atoms with van der Waals surface area (Å²) in [7, 11) is 0. The number of nitrogens with one attached hydrogen (secondary N) is 1. The molecule has 1 amide bonds. The minimum atomic E-state index is -0.903. The summed E-state index contributed by atoms with van der Waals surface area (Å²) in [6.45, 7) is 4.22. The van der Waals surface area contributed by atoms with E-state index in [9.17, 15) is 9.59 Å². The van der Waals surface area contributed by atoms with Crippen LogP contribution in [0, 0.1) is 11.8 Å². The van der Waals surface area contributed by atoms with Gasteiger partial charge in [0, 0.05) is 13.0 Å². The van der Waals surface area contributed by atoms with Crippen molar-refractivity contribution < 1.29 is 14.7 Å². The van der Waals surface area contributed by atoms with Gasteiger partial charge in [-0.05, 0) is 24.3 Å². The first-order valence-electron chi connectivity index (χ1n) is 7.04. The van der Waals surface area contributed by atoms with Crippen molar-refractivity contribution in [1.29, 1.82) is 0 Å². The molecule has 1 aromatic rings. The number of aryl methyl sites for hydroxylation is 1. The first-order chi connectivity index (χ1) is 9.50. The largest absolute Gasteiger partial charge is 0.481 e. The van der Waals surface area contributed by atoms with Gasteiger partial charge in [0.1, 0.15) is 0 Å². The van der Waals surface area contributed by atoms with Gasteiger partial charge in [-0.25, -0.2) is 0 Å². The Hall–Kier alpha value is -1.84. The summed E-state index contributed by atoms with van der Waals surface area (Å²) in [6.07, 6.45) is 1.82. The maximum Gasteiger partial charge on any atom is 0.307 e. The number of carboxylic acid groups (broad SMARTS) is 1. The lowest BCUT2D eigenvalue weighted by Crippen LogP contribution is -2.31. The summed E-state index contributed by atoms with van der Waals surface area (Å²) in [5, 5.41) is 11.8. The molecule has 0 saturated heterocycles. The molecule has 110 valence electrons. The van der Waals surface area contributed by atoms with Crippen LogP contribution in [0.1, 0.15) is 32.3 Å². The highest BCUT2D eigenvalue weighted by molar-refractivity contribution is 5.82. The van der Waals surface area contributed by atoms with Crippen molar-refractivity contribution >= 4 is 11.9 Å². The Morgan fingerprint density at radius 1 is 1.20 bits per heavy atom. The van der Waals surface area contributed by atoms with E-state index in [1.165, 1.54) is 5.56 Å². The van der Waals surface area contributed by atoms with Gasteiger partial charge in [-0.15, -0.1) is 0 Å². The third-order valence-corrected chi connectivity index (χ3v) is 3.33. The Morgan fingerprint density at radius 2 is 1.85 bits per heavy atom. The molecule has 1 aromatic carbocycles. The molecule has 0 aliphatic rings. The molecule has 4 nitrogen and oxygen atoms in total. The zero-order chi connectivity index (χ0) is 15.0. The van der Waals surface area contributed by atoms with Crippen molar-refractivity contribution in [1.82, 2.24) is 5.32 Å². The van der Waals surface area contributed by atoms with E-state index < -0.39 is 11.9 Å². The summed E-state index contributed by atoms with van der Waals surface area (Å²) in [5.41, 5.74) is 1.24. The average molecular weight is 277 g/mol. The van der Waals surface area contributed by atoms with Gasteiger partial charge in [-0.2, -0.15) is 0 Å². The van der Waals surface area contributed by atoms with Crippen molar-refractivity contribution in [3.8, 4) is 0 Å². The molecule has 1 atom stereocenters. The number of hydrogen-bond acceptors (Lipinski definition) is 2. The van der Waals surface area contributed by atoms with Crippen LogP contribution in [0.2, 0.25) is 0 Å². The molecule has 0 fully saturated rings. The van der Waals surface area contributed by atoms with Crippen LogP contribution < -0.4 is 5.32 Å². The molecular formula is C16H23NO3. The standard InChI is InChI=1S/C16H23NO3/c1-12(2)14(16(19)20)11-15(18)17-10-6-9-13-7-4-3-5-8-13/h3-5,7-8,12,14H,6,9-11H2,1-2H3,(H,17,18)(H,19,20)/t14-/m0/s1. The molecule has 2 N–H and O–H groups in total. The second-order valence-corrected chi connectivity index (χ2v) is 5.33. The van der Waals surface area contributed by atoms with Gasteiger partial charge in [0.15, 0.2) is 0 Å². The number of hydrogen-bond donors (Lipinski definition) is 2. The first kappa shape index (κ1) is 16.2. The highest BCUT2D eigenvalue weighted by Gasteiger charge is 2.24. The van der Waals surface area contributed by atoms with Gasteiger partial charge in [0.05, 0.1) is 5.92 Å². The van der Waals surface area contributed by atoms with Gasteiger partial charge in [0.2, 0.25) is 5.91 Å². The van der Waals surface area contributed by atoms with Crippen molar-refractivity contribution in [2.24, 2.45) is 11.8 Å². The Bertz CT molecular complexity index is 429. The zero-order valence-electron chi connectivity index (χ0n) is 12.1. The molecule has 0 bridgehead atoms. The van der Waals surface area contributed by atoms with Gasteiger partial charge in [0.25, 0.3) is 0 Å². The lowest BCUT2D eigenvalue weighted by Gasteiger charge is -2.15. The summed E-state index contributed by atoms with van der Waals surface area (Å²) >= 11 is 0. The predicted octanol–water partition coefficient (Wildman–Crippen LogP) is 2.48. The Morgan fingerprint density at radius 3 is 2.40 bits per heavy atom. The smallest absolute Gasteiger partial charge is 0.307 e. The van der Waals surface area contributed by atoms with Gasteiger partial charge in [-0.3, -0.25) is 9.59 Å². The molecule has 0 spiro atoms. The molecule has 1 rings (SSSR count). The number of amides is 1. The van der Waals surface area contributed by atoms with E-state index in [1.54, 1.807) is 0 Å². The molecule has 20 heavy (non-hydrogen) atoms. The predicted molar refractivity (Wildman–Crippen MR) is 78.4 cm³/mol.